The predicted molar refractivity (Wildman–Crippen MR) is 97.0 cm³/mol. The van der Waals surface area contributed by atoms with Crippen molar-refractivity contribution in [3.8, 4) is 5.75 Å². The van der Waals surface area contributed by atoms with Gasteiger partial charge in [-0.25, -0.2) is 4.39 Å². The smallest absolute Gasteiger partial charge is 0.310 e. The van der Waals surface area contributed by atoms with Gasteiger partial charge in [-0.05, 0) is 39.7 Å². The number of hydrogen-bond acceptors (Lipinski definition) is 6. The van der Waals surface area contributed by atoms with Crippen LogP contribution in [-0.4, -0.2) is 30.5 Å². The normalized spacial score (nSPS) is 10.2. The average molecular weight is 441 g/mol. The number of nitrogens with one attached hydrogen (secondary N) is 1. The largest absolute Gasteiger partial charge is 0.494 e. The van der Waals surface area contributed by atoms with Crippen LogP contribution >= 0.6 is 15.9 Å². The molecule has 0 aromatic heterocycles. The molecule has 0 aliphatic carbocycles. The van der Waals surface area contributed by atoms with E-state index in [0.717, 1.165) is 6.07 Å². The van der Waals surface area contributed by atoms with E-state index >= 15 is 0 Å². The van der Waals surface area contributed by atoms with Gasteiger partial charge in [0.2, 0.25) is 0 Å². The Morgan fingerprint density at radius 3 is 2.59 bits per heavy atom. The fourth-order valence-corrected chi connectivity index (χ4v) is 2.55. The van der Waals surface area contributed by atoms with Gasteiger partial charge in [-0.3, -0.25) is 19.7 Å². The molecule has 0 saturated carbocycles. The van der Waals surface area contributed by atoms with Gasteiger partial charge in [0.05, 0.1) is 24.1 Å². The number of nitrogens with zero attached hydrogens (tertiary/aromatic N) is 1. The minimum absolute atomic E-state index is 0.0557. The van der Waals surface area contributed by atoms with Gasteiger partial charge < -0.3 is 14.8 Å². The molecule has 0 spiro atoms. The number of halogens is 2. The second-order valence-electron chi connectivity index (χ2n) is 5.28. The van der Waals surface area contributed by atoms with Gasteiger partial charge in [0.1, 0.15) is 0 Å². The summed E-state index contributed by atoms with van der Waals surface area (Å²) in [5.41, 5.74) is 0.522. The van der Waals surface area contributed by atoms with Gasteiger partial charge in [0.15, 0.2) is 18.2 Å². The monoisotopic (exact) mass is 440 g/mol. The van der Waals surface area contributed by atoms with E-state index in [2.05, 4.69) is 21.2 Å². The van der Waals surface area contributed by atoms with Crippen LogP contribution in [-0.2, 0) is 20.7 Å². The van der Waals surface area contributed by atoms with E-state index in [-0.39, 0.29) is 17.9 Å². The molecule has 0 unspecified atom stereocenters. The number of non-ortho nitro benzene ring substituents is 1. The maximum atomic E-state index is 13.6. The lowest BCUT2D eigenvalue weighted by Gasteiger charge is -2.09. The van der Waals surface area contributed by atoms with Crippen LogP contribution in [0.5, 0.6) is 5.75 Å². The molecule has 1 amide bonds. The van der Waals surface area contributed by atoms with E-state index in [1.165, 1.54) is 37.4 Å². The van der Waals surface area contributed by atoms with Gasteiger partial charge >= 0.3 is 5.97 Å². The molecule has 8 nitrogen and oxygen atoms in total. The number of rotatable bonds is 7. The molecule has 0 radical (unpaired) electrons. The number of benzene rings is 2. The Labute approximate surface area is 161 Å². The van der Waals surface area contributed by atoms with E-state index in [4.69, 9.17) is 9.47 Å². The Kier molecular flexibility index (Phi) is 6.83. The minimum atomic E-state index is -0.711. The van der Waals surface area contributed by atoms with Gasteiger partial charge in [-0.1, -0.05) is 6.07 Å². The number of nitro benzene ring substituents is 1. The summed E-state index contributed by atoms with van der Waals surface area (Å²) < 4.78 is 23.5. The van der Waals surface area contributed by atoms with Crippen LogP contribution in [0.1, 0.15) is 5.56 Å². The Morgan fingerprint density at radius 2 is 2.00 bits per heavy atom. The van der Waals surface area contributed by atoms with Gasteiger partial charge in [0.25, 0.3) is 11.6 Å². The fourth-order valence-electron chi connectivity index (χ4n) is 2.09. The average Bonchev–Trinajstić information content (AvgIpc) is 2.61. The van der Waals surface area contributed by atoms with Crippen LogP contribution < -0.4 is 10.1 Å². The second kappa shape index (κ2) is 9.08. The summed E-state index contributed by atoms with van der Waals surface area (Å²) in [4.78, 5) is 33.8. The molecule has 2 rings (SSSR count). The molecule has 0 aliphatic rings. The molecular formula is C17H14BrFN2O6. The maximum Gasteiger partial charge on any atom is 0.310 e. The van der Waals surface area contributed by atoms with Crippen LogP contribution in [0.3, 0.4) is 0 Å². The third kappa shape index (κ3) is 5.74. The van der Waals surface area contributed by atoms with Crippen molar-refractivity contribution in [1.82, 2.24) is 0 Å². The van der Waals surface area contributed by atoms with E-state index < -0.39 is 29.2 Å². The number of methoxy groups -OCH3 is 1. The molecule has 27 heavy (non-hydrogen) atoms. The summed E-state index contributed by atoms with van der Waals surface area (Å²) in [5.74, 6) is -1.89. The van der Waals surface area contributed by atoms with Crippen molar-refractivity contribution < 1.29 is 28.4 Å². The summed E-state index contributed by atoms with van der Waals surface area (Å²) >= 11 is 3.11. The molecule has 0 saturated heterocycles. The summed E-state index contributed by atoms with van der Waals surface area (Å²) in [5, 5.41) is 13.1. The molecule has 0 atom stereocenters. The van der Waals surface area contributed by atoms with Crippen molar-refractivity contribution in [3.63, 3.8) is 0 Å². The van der Waals surface area contributed by atoms with E-state index in [9.17, 15) is 24.1 Å². The van der Waals surface area contributed by atoms with E-state index in [0.29, 0.717) is 15.7 Å². The van der Waals surface area contributed by atoms with Crippen LogP contribution in [0.15, 0.2) is 40.9 Å². The highest BCUT2D eigenvalue weighted by molar-refractivity contribution is 9.10. The van der Waals surface area contributed by atoms with Gasteiger partial charge in [-0.15, -0.1) is 0 Å². The first-order chi connectivity index (χ1) is 12.8. The van der Waals surface area contributed by atoms with Gasteiger partial charge in [-0.2, -0.15) is 0 Å². The number of esters is 1. The van der Waals surface area contributed by atoms with Crippen LogP contribution in [0, 0.1) is 15.9 Å². The number of nitro groups is 1. The first kappa shape index (κ1) is 20.3. The van der Waals surface area contributed by atoms with Crippen molar-refractivity contribution in [2.45, 2.75) is 6.42 Å². The third-order valence-corrected chi connectivity index (χ3v) is 4.02. The first-order valence-corrected chi connectivity index (χ1v) is 8.31. The molecule has 10 heteroatoms. The Hall–Kier alpha value is -3.01. The highest BCUT2D eigenvalue weighted by Gasteiger charge is 2.14. The topological polar surface area (TPSA) is 108 Å². The number of carbonyl (C=O) groups excluding carboxylic acids is 2. The van der Waals surface area contributed by atoms with Gasteiger partial charge in [0, 0.05) is 16.6 Å². The summed E-state index contributed by atoms with van der Waals surface area (Å²) in [6.45, 7) is -0.555. The quantitative estimate of drug-likeness (QED) is 0.402. The van der Waals surface area contributed by atoms with Crippen LogP contribution in [0.25, 0.3) is 0 Å². The Bertz CT molecular complexity index is 890. The zero-order valence-electron chi connectivity index (χ0n) is 14.0. The standard InChI is InChI=1S/C17H14BrFN2O6/c1-26-15-5-2-10(6-13(15)19)7-17(23)27-9-16(22)20-14-4-3-11(21(24)25)8-12(14)18/h2-6,8H,7,9H2,1H3,(H,20,22). The lowest BCUT2D eigenvalue weighted by Crippen LogP contribution is -2.21. The maximum absolute atomic E-state index is 13.6. The van der Waals surface area contributed by atoms with Crippen molar-refractivity contribution >= 4 is 39.2 Å². The molecule has 0 aliphatic heterocycles. The summed E-state index contributed by atoms with van der Waals surface area (Å²) in [6, 6.07) is 7.86. The molecule has 2 aromatic carbocycles. The summed E-state index contributed by atoms with van der Waals surface area (Å²) in [7, 11) is 1.33. The van der Waals surface area contributed by atoms with Crippen molar-refractivity contribution in [2.24, 2.45) is 0 Å². The highest BCUT2D eigenvalue weighted by atomic mass is 79.9. The number of ether oxygens (including phenoxy) is 2. The zero-order valence-corrected chi connectivity index (χ0v) is 15.6. The molecule has 0 bridgehead atoms. The molecular weight excluding hydrogens is 427 g/mol. The molecule has 2 aromatic rings. The SMILES string of the molecule is COc1ccc(CC(=O)OCC(=O)Nc2ccc([N+](=O)[O-])cc2Br)cc1F. The molecule has 142 valence electrons. The molecule has 0 heterocycles. The number of anilines is 1. The van der Waals surface area contributed by atoms with E-state index in [1.54, 1.807) is 0 Å². The third-order valence-electron chi connectivity index (χ3n) is 3.37. The second-order valence-corrected chi connectivity index (χ2v) is 6.13. The van der Waals surface area contributed by atoms with Crippen molar-refractivity contribution in [2.75, 3.05) is 19.0 Å². The van der Waals surface area contributed by atoms with Crippen molar-refractivity contribution in [3.05, 3.63) is 62.4 Å². The van der Waals surface area contributed by atoms with Crippen molar-refractivity contribution in [1.29, 1.82) is 0 Å². The summed E-state index contributed by atoms with van der Waals surface area (Å²) in [6.07, 6.45) is -0.213. The highest BCUT2D eigenvalue weighted by Crippen LogP contribution is 2.27. The number of amides is 1. The lowest BCUT2D eigenvalue weighted by atomic mass is 10.1. The molecule has 0 fully saturated rings. The molecule has 1 N–H and O–H groups in total. The first-order valence-electron chi connectivity index (χ1n) is 7.52. The minimum Gasteiger partial charge on any atom is -0.494 e. The van der Waals surface area contributed by atoms with Crippen LogP contribution in [0.4, 0.5) is 15.8 Å². The van der Waals surface area contributed by atoms with Crippen LogP contribution in [0.2, 0.25) is 0 Å². The van der Waals surface area contributed by atoms with E-state index in [1.807, 2.05) is 0 Å². The Balaban J connectivity index is 1.87. The zero-order chi connectivity index (χ0) is 20.0. The predicted octanol–water partition coefficient (Wildman–Crippen LogP) is 3.23. The Morgan fingerprint density at radius 1 is 1.26 bits per heavy atom. The number of carbonyl (C=O) groups is 2. The lowest BCUT2D eigenvalue weighted by molar-refractivity contribution is -0.384. The number of hydrogen-bond donors (Lipinski definition) is 1. The fraction of sp³-hybridized carbons (Fsp3) is 0.176.